The molecule has 1 heterocycles. The van der Waals surface area contributed by atoms with Crippen LogP contribution in [0.3, 0.4) is 0 Å². The lowest BCUT2D eigenvalue weighted by Crippen LogP contribution is -2.39. The van der Waals surface area contributed by atoms with E-state index in [9.17, 15) is 4.79 Å². The fraction of sp³-hybridized carbons (Fsp3) is 0.800. The van der Waals surface area contributed by atoms with E-state index in [2.05, 4.69) is 11.4 Å². The Morgan fingerprint density at radius 3 is 3.06 bits per heavy atom. The molecule has 0 aliphatic carbocycles. The number of nitrogens with zero attached hydrogens (tertiary/aromatic N) is 1. The number of hydrogen-bond acceptors (Lipinski definition) is 5. The molecule has 0 aromatic carbocycles. The molecule has 0 spiro atoms. The Kier molecular flexibility index (Phi) is 6.03. The maximum atomic E-state index is 11.7. The third-order valence-corrected chi connectivity index (χ3v) is 4.27. The van der Waals surface area contributed by atoms with Gasteiger partial charge < -0.3 is 5.32 Å². The highest BCUT2D eigenvalue weighted by atomic mass is 32.2. The maximum absolute atomic E-state index is 11.7. The van der Waals surface area contributed by atoms with Gasteiger partial charge in [-0.1, -0.05) is 6.92 Å². The molecule has 0 bridgehead atoms. The summed E-state index contributed by atoms with van der Waals surface area (Å²) in [5.74, 6) is -0.222. The van der Waals surface area contributed by atoms with Crippen LogP contribution in [0.2, 0.25) is 0 Å². The lowest BCUT2D eigenvalue weighted by atomic mass is 10.1. The first-order chi connectivity index (χ1) is 7.72. The number of amides is 1. The predicted molar refractivity (Wildman–Crippen MR) is 66.8 cm³/mol. The van der Waals surface area contributed by atoms with E-state index >= 15 is 0 Å². The van der Waals surface area contributed by atoms with E-state index < -0.39 is 0 Å². The quantitative estimate of drug-likeness (QED) is 0.781. The van der Waals surface area contributed by atoms with Crippen molar-refractivity contribution in [1.82, 2.24) is 5.32 Å². The second kappa shape index (κ2) is 7.05. The zero-order valence-electron chi connectivity index (χ0n) is 9.43. The number of nitrogens with one attached hydrogen (secondary N) is 1. The number of nitriles is 1. The first-order valence-corrected chi connectivity index (χ1v) is 7.34. The van der Waals surface area contributed by atoms with Crippen molar-refractivity contribution in [3.63, 3.8) is 0 Å². The third-order valence-electron chi connectivity index (χ3n) is 2.30. The molecular weight excluding hydrogens is 244 g/mol. The van der Waals surface area contributed by atoms with Crippen LogP contribution in [-0.2, 0) is 8.98 Å². The first kappa shape index (κ1) is 13.7. The van der Waals surface area contributed by atoms with E-state index in [-0.39, 0.29) is 22.5 Å². The summed E-state index contributed by atoms with van der Waals surface area (Å²) in [6.07, 6.45) is 3.40. The minimum absolute atomic E-state index is 0.0216. The SMILES string of the molecule is CCCNC(=O)C1CC(C#N)C(SC)OS1. The average molecular weight is 260 g/mol. The van der Waals surface area contributed by atoms with Crippen molar-refractivity contribution < 1.29 is 8.98 Å². The van der Waals surface area contributed by atoms with Crippen molar-refractivity contribution in [3.8, 4) is 6.07 Å². The molecule has 1 amide bonds. The van der Waals surface area contributed by atoms with Gasteiger partial charge in [0.05, 0.1) is 12.0 Å². The van der Waals surface area contributed by atoms with Gasteiger partial charge in [-0.2, -0.15) is 5.26 Å². The summed E-state index contributed by atoms with van der Waals surface area (Å²) in [6, 6.07) is 2.21. The summed E-state index contributed by atoms with van der Waals surface area (Å²) in [4.78, 5) is 11.7. The van der Waals surface area contributed by atoms with Crippen molar-refractivity contribution >= 4 is 29.7 Å². The highest BCUT2D eigenvalue weighted by molar-refractivity contribution is 8.01. The van der Waals surface area contributed by atoms with Gasteiger partial charge in [0, 0.05) is 18.6 Å². The van der Waals surface area contributed by atoms with Crippen molar-refractivity contribution in [2.75, 3.05) is 12.8 Å². The van der Waals surface area contributed by atoms with E-state index in [1.807, 2.05) is 13.2 Å². The molecule has 1 fully saturated rings. The van der Waals surface area contributed by atoms with Gasteiger partial charge in [-0.3, -0.25) is 8.98 Å². The molecule has 0 saturated carbocycles. The highest BCUT2D eigenvalue weighted by Crippen LogP contribution is 2.36. The van der Waals surface area contributed by atoms with Gasteiger partial charge >= 0.3 is 0 Å². The zero-order valence-corrected chi connectivity index (χ0v) is 11.1. The maximum Gasteiger partial charge on any atom is 0.235 e. The van der Waals surface area contributed by atoms with Crippen molar-refractivity contribution in [2.24, 2.45) is 5.92 Å². The molecule has 3 atom stereocenters. The minimum Gasteiger partial charge on any atom is -0.355 e. The Morgan fingerprint density at radius 1 is 1.75 bits per heavy atom. The molecule has 6 heteroatoms. The normalized spacial score (nSPS) is 29.4. The van der Waals surface area contributed by atoms with Crippen LogP contribution in [0.15, 0.2) is 0 Å². The van der Waals surface area contributed by atoms with Crippen LogP contribution >= 0.6 is 23.8 Å². The van der Waals surface area contributed by atoms with Crippen LogP contribution < -0.4 is 5.32 Å². The second-order valence-electron chi connectivity index (χ2n) is 3.55. The van der Waals surface area contributed by atoms with Crippen LogP contribution in [0.25, 0.3) is 0 Å². The lowest BCUT2D eigenvalue weighted by molar-refractivity contribution is -0.121. The lowest BCUT2D eigenvalue weighted by Gasteiger charge is -2.29. The van der Waals surface area contributed by atoms with Crippen LogP contribution in [0, 0.1) is 17.2 Å². The number of carbonyl (C=O) groups excluding carboxylic acids is 1. The molecule has 1 saturated heterocycles. The van der Waals surface area contributed by atoms with Gasteiger partial charge in [-0.15, -0.1) is 11.8 Å². The Hall–Kier alpha value is -0.380. The summed E-state index contributed by atoms with van der Waals surface area (Å²) in [5, 5.41) is 11.6. The molecule has 1 N–H and O–H groups in total. The number of thioether (sulfide) groups is 1. The molecule has 3 unspecified atom stereocenters. The number of hydrogen-bond donors (Lipinski definition) is 1. The van der Waals surface area contributed by atoms with Crippen LogP contribution in [0.5, 0.6) is 0 Å². The van der Waals surface area contributed by atoms with Crippen LogP contribution in [0.4, 0.5) is 0 Å². The second-order valence-corrected chi connectivity index (χ2v) is 5.44. The van der Waals surface area contributed by atoms with Crippen LogP contribution in [0.1, 0.15) is 19.8 Å². The van der Waals surface area contributed by atoms with Crippen molar-refractivity contribution in [3.05, 3.63) is 0 Å². The molecule has 1 aliphatic rings. The Balaban J connectivity index is 2.47. The van der Waals surface area contributed by atoms with Gasteiger partial charge in [0.2, 0.25) is 5.91 Å². The Morgan fingerprint density at radius 2 is 2.50 bits per heavy atom. The first-order valence-electron chi connectivity index (χ1n) is 5.25. The Bertz CT molecular complexity index is 280. The summed E-state index contributed by atoms with van der Waals surface area (Å²) in [5.41, 5.74) is -0.120. The molecule has 0 aromatic rings. The van der Waals surface area contributed by atoms with E-state index in [0.29, 0.717) is 13.0 Å². The standard InChI is InChI=1S/C10H16N2O2S2/c1-3-4-12-9(13)8-5-7(6-11)10(15-2)14-16-8/h7-8,10H,3-5H2,1-2H3,(H,12,13). The molecule has 0 radical (unpaired) electrons. The zero-order chi connectivity index (χ0) is 12.0. The molecular formula is C10H16N2O2S2. The highest BCUT2D eigenvalue weighted by Gasteiger charge is 2.35. The van der Waals surface area contributed by atoms with E-state index in [4.69, 9.17) is 9.44 Å². The summed E-state index contributed by atoms with van der Waals surface area (Å²) >= 11 is 2.70. The molecule has 1 rings (SSSR count). The third kappa shape index (κ3) is 3.58. The van der Waals surface area contributed by atoms with Gasteiger partial charge in [-0.25, -0.2) is 0 Å². The topological polar surface area (TPSA) is 62.1 Å². The predicted octanol–water partition coefficient (Wildman–Crippen LogP) is 1.78. The average Bonchev–Trinajstić information content (AvgIpc) is 2.34. The Labute approximate surface area is 105 Å². The smallest absolute Gasteiger partial charge is 0.235 e. The molecule has 16 heavy (non-hydrogen) atoms. The number of carbonyl (C=O) groups is 1. The molecule has 0 aromatic heterocycles. The van der Waals surface area contributed by atoms with Crippen molar-refractivity contribution in [2.45, 2.75) is 30.5 Å². The summed E-state index contributed by atoms with van der Waals surface area (Å²) in [7, 11) is 0. The van der Waals surface area contributed by atoms with Crippen LogP contribution in [-0.4, -0.2) is 29.4 Å². The van der Waals surface area contributed by atoms with E-state index in [1.54, 1.807) is 0 Å². The summed E-state index contributed by atoms with van der Waals surface area (Å²) < 4.78 is 5.44. The largest absolute Gasteiger partial charge is 0.355 e. The fourth-order valence-corrected chi connectivity index (χ4v) is 3.19. The molecule has 4 nitrogen and oxygen atoms in total. The molecule has 1 aliphatic heterocycles. The minimum atomic E-state index is -0.250. The van der Waals surface area contributed by atoms with Crippen molar-refractivity contribution in [1.29, 1.82) is 5.26 Å². The monoisotopic (exact) mass is 260 g/mol. The molecule has 90 valence electrons. The fourth-order valence-electron chi connectivity index (χ4n) is 1.40. The van der Waals surface area contributed by atoms with E-state index in [1.165, 1.54) is 23.8 Å². The summed E-state index contributed by atoms with van der Waals surface area (Å²) in [6.45, 7) is 2.69. The van der Waals surface area contributed by atoms with E-state index in [0.717, 1.165) is 6.42 Å². The van der Waals surface area contributed by atoms with Gasteiger partial charge in [0.15, 0.2) is 0 Å². The number of rotatable bonds is 4. The van der Waals surface area contributed by atoms with Gasteiger partial charge in [0.1, 0.15) is 10.7 Å². The van der Waals surface area contributed by atoms with Gasteiger partial charge in [0.25, 0.3) is 0 Å². The van der Waals surface area contributed by atoms with Gasteiger partial charge in [-0.05, 0) is 19.1 Å².